The molecular weight excluding hydrogens is 250 g/mol. The van der Waals surface area contributed by atoms with Crippen LogP contribution in [0, 0.1) is 5.92 Å². The van der Waals surface area contributed by atoms with Gasteiger partial charge in [0.1, 0.15) is 0 Å². The third kappa shape index (κ3) is 4.19. The van der Waals surface area contributed by atoms with E-state index in [4.69, 9.17) is 0 Å². The topological polar surface area (TPSA) is 61.4 Å². The Kier molecular flexibility index (Phi) is 5.00. The predicted octanol–water partition coefficient (Wildman–Crippen LogP) is -0.000400. The summed E-state index contributed by atoms with van der Waals surface area (Å²) in [7, 11) is -3.11. The average Bonchev–Trinajstić information content (AvgIpc) is 2.25. The average molecular weight is 275 g/mol. The van der Waals surface area contributed by atoms with E-state index < -0.39 is 10.0 Å². The van der Waals surface area contributed by atoms with Crippen molar-refractivity contribution in [3.05, 3.63) is 0 Å². The van der Waals surface area contributed by atoms with Gasteiger partial charge in [0.2, 0.25) is 10.0 Å². The summed E-state index contributed by atoms with van der Waals surface area (Å²) >= 11 is 0. The molecule has 0 aromatic rings. The summed E-state index contributed by atoms with van der Waals surface area (Å²) in [6.45, 7) is 6.47. The largest absolute Gasteiger partial charge is 0.314 e. The van der Waals surface area contributed by atoms with Gasteiger partial charge in [-0.15, -0.1) is 0 Å². The van der Waals surface area contributed by atoms with Crippen molar-refractivity contribution in [2.45, 2.75) is 32.2 Å². The van der Waals surface area contributed by atoms with Crippen molar-refractivity contribution >= 4 is 10.0 Å². The van der Waals surface area contributed by atoms with E-state index in [-0.39, 0.29) is 11.8 Å². The van der Waals surface area contributed by atoms with Crippen LogP contribution in [0.2, 0.25) is 0 Å². The van der Waals surface area contributed by atoms with Crippen LogP contribution in [0.5, 0.6) is 0 Å². The van der Waals surface area contributed by atoms with Crippen LogP contribution in [0.3, 0.4) is 0 Å². The molecule has 1 heterocycles. The molecule has 1 saturated heterocycles. The lowest BCUT2D eigenvalue weighted by Gasteiger charge is -2.32. The summed E-state index contributed by atoms with van der Waals surface area (Å²) in [5.74, 6) is 0.781. The van der Waals surface area contributed by atoms with Crippen molar-refractivity contribution in [3.63, 3.8) is 0 Å². The number of piperazine rings is 1. The van der Waals surface area contributed by atoms with Crippen LogP contribution in [0.15, 0.2) is 0 Å². The van der Waals surface area contributed by atoms with Gasteiger partial charge in [-0.1, -0.05) is 6.42 Å². The highest BCUT2D eigenvalue weighted by atomic mass is 32.2. The molecule has 2 N–H and O–H groups in total. The minimum Gasteiger partial charge on any atom is -0.314 e. The molecule has 2 aliphatic rings. The molecule has 0 spiro atoms. The molecule has 0 aromatic heterocycles. The zero-order valence-electron chi connectivity index (χ0n) is 11.2. The van der Waals surface area contributed by atoms with Gasteiger partial charge in [0.15, 0.2) is 0 Å². The molecule has 106 valence electrons. The Morgan fingerprint density at radius 2 is 2.00 bits per heavy atom. The maximum atomic E-state index is 12.0. The van der Waals surface area contributed by atoms with Crippen molar-refractivity contribution in [3.8, 4) is 0 Å². The first-order chi connectivity index (χ1) is 8.57. The first kappa shape index (κ1) is 14.2. The van der Waals surface area contributed by atoms with Crippen LogP contribution in [-0.4, -0.2) is 57.8 Å². The third-order valence-electron chi connectivity index (χ3n) is 4.11. The fraction of sp³-hybridized carbons (Fsp3) is 1.00. The molecule has 1 atom stereocenters. The molecule has 2 fully saturated rings. The second-order valence-electron chi connectivity index (χ2n) is 5.51. The van der Waals surface area contributed by atoms with E-state index in [1.165, 1.54) is 19.3 Å². The monoisotopic (exact) mass is 275 g/mol. The highest BCUT2D eigenvalue weighted by Crippen LogP contribution is 2.29. The molecule has 1 saturated carbocycles. The van der Waals surface area contributed by atoms with Gasteiger partial charge in [0.05, 0.1) is 5.75 Å². The Morgan fingerprint density at radius 1 is 1.33 bits per heavy atom. The Labute approximate surface area is 110 Å². The second-order valence-corrected chi connectivity index (χ2v) is 7.38. The van der Waals surface area contributed by atoms with Gasteiger partial charge in [0, 0.05) is 38.8 Å². The van der Waals surface area contributed by atoms with Crippen LogP contribution in [0.1, 0.15) is 26.2 Å². The van der Waals surface area contributed by atoms with Gasteiger partial charge in [0.25, 0.3) is 0 Å². The minimum absolute atomic E-state index is 0.103. The summed E-state index contributed by atoms with van der Waals surface area (Å²) in [5.41, 5.74) is 0. The maximum Gasteiger partial charge on any atom is 0.213 e. The molecule has 0 bridgehead atoms. The zero-order chi connectivity index (χ0) is 13.0. The summed E-state index contributed by atoms with van der Waals surface area (Å²) in [6.07, 6.45) is 3.58. The molecule has 2 rings (SSSR count). The van der Waals surface area contributed by atoms with Gasteiger partial charge in [-0.05, 0) is 25.7 Å². The Hall–Kier alpha value is -0.170. The second kappa shape index (κ2) is 6.32. The molecule has 0 aromatic carbocycles. The van der Waals surface area contributed by atoms with Gasteiger partial charge in [-0.25, -0.2) is 13.1 Å². The number of nitrogens with one attached hydrogen (secondary N) is 2. The fourth-order valence-corrected chi connectivity index (χ4v) is 3.94. The van der Waals surface area contributed by atoms with Crippen molar-refractivity contribution in [2.24, 2.45) is 5.92 Å². The smallest absolute Gasteiger partial charge is 0.213 e. The summed E-state index contributed by atoms with van der Waals surface area (Å²) in [5, 5.41) is 3.27. The molecule has 0 amide bonds. The normalized spacial score (nSPS) is 24.7. The van der Waals surface area contributed by atoms with Gasteiger partial charge >= 0.3 is 0 Å². The van der Waals surface area contributed by atoms with Crippen molar-refractivity contribution < 1.29 is 8.42 Å². The molecule has 0 radical (unpaired) electrons. The van der Waals surface area contributed by atoms with Crippen molar-refractivity contribution in [2.75, 3.05) is 38.5 Å². The molecular formula is C12H25N3O2S. The molecule has 1 unspecified atom stereocenters. The highest BCUT2D eigenvalue weighted by molar-refractivity contribution is 7.89. The molecule has 1 aliphatic carbocycles. The van der Waals surface area contributed by atoms with E-state index in [1.54, 1.807) is 0 Å². The third-order valence-corrected chi connectivity index (χ3v) is 5.56. The Balaban J connectivity index is 1.72. The van der Waals surface area contributed by atoms with Gasteiger partial charge in [-0.3, -0.25) is 4.90 Å². The number of hydrogen-bond acceptors (Lipinski definition) is 4. The summed E-state index contributed by atoms with van der Waals surface area (Å²) in [6, 6.07) is 0.103. The number of hydrogen-bond donors (Lipinski definition) is 2. The maximum absolute atomic E-state index is 12.0. The van der Waals surface area contributed by atoms with Crippen molar-refractivity contribution in [1.82, 2.24) is 14.9 Å². The number of rotatable bonds is 6. The van der Waals surface area contributed by atoms with Crippen molar-refractivity contribution in [1.29, 1.82) is 0 Å². The van der Waals surface area contributed by atoms with Crippen LogP contribution in [-0.2, 0) is 10.0 Å². The number of sulfonamides is 1. The molecule has 18 heavy (non-hydrogen) atoms. The first-order valence-electron chi connectivity index (χ1n) is 7.00. The van der Waals surface area contributed by atoms with Crippen LogP contribution < -0.4 is 10.0 Å². The van der Waals surface area contributed by atoms with E-state index >= 15 is 0 Å². The highest BCUT2D eigenvalue weighted by Gasteiger charge is 2.27. The van der Waals surface area contributed by atoms with Crippen LogP contribution in [0.25, 0.3) is 0 Å². The van der Waals surface area contributed by atoms with E-state index in [9.17, 15) is 8.42 Å². The van der Waals surface area contributed by atoms with Gasteiger partial charge in [-0.2, -0.15) is 0 Å². The summed E-state index contributed by atoms with van der Waals surface area (Å²) in [4.78, 5) is 2.21. The van der Waals surface area contributed by atoms with E-state index in [1.807, 2.05) is 6.92 Å². The minimum atomic E-state index is -3.11. The van der Waals surface area contributed by atoms with Crippen LogP contribution >= 0.6 is 0 Å². The predicted molar refractivity (Wildman–Crippen MR) is 73.0 cm³/mol. The van der Waals surface area contributed by atoms with Gasteiger partial charge < -0.3 is 5.32 Å². The lowest BCUT2D eigenvalue weighted by molar-refractivity contribution is 0.250. The SMILES string of the molecule is CC(NS(=O)(=O)CCN1CCNCC1)C1CCC1. The lowest BCUT2D eigenvalue weighted by Crippen LogP contribution is -2.47. The van der Waals surface area contributed by atoms with E-state index in [0.717, 1.165) is 26.2 Å². The number of nitrogens with zero attached hydrogens (tertiary/aromatic N) is 1. The Bertz CT molecular complexity index is 348. The fourth-order valence-electron chi connectivity index (χ4n) is 2.56. The quantitative estimate of drug-likeness (QED) is 0.716. The van der Waals surface area contributed by atoms with Crippen LogP contribution in [0.4, 0.5) is 0 Å². The first-order valence-corrected chi connectivity index (χ1v) is 8.65. The Morgan fingerprint density at radius 3 is 2.56 bits per heavy atom. The van der Waals surface area contributed by atoms with E-state index in [0.29, 0.717) is 12.5 Å². The molecule has 6 heteroatoms. The summed E-state index contributed by atoms with van der Waals surface area (Å²) < 4.78 is 26.8. The molecule has 5 nitrogen and oxygen atoms in total. The lowest BCUT2D eigenvalue weighted by atomic mass is 9.81. The van der Waals surface area contributed by atoms with E-state index in [2.05, 4.69) is 14.9 Å². The zero-order valence-corrected chi connectivity index (χ0v) is 12.0. The molecule has 1 aliphatic heterocycles. The standard InChI is InChI=1S/C12H25N3O2S/c1-11(12-3-2-4-12)14-18(16,17)10-9-15-7-5-13-6-8-15/h11-14H,2-10H2,1H3.